The Hall–Kier alpha value is -1.85. The van der Waals surface area contributed by atoms with E-state index < -0.39 is 0 Å². The third-order valence-corrected chi connectivity index (χ3v) is 8.65. The molecule has 0 radical (unpaired) electrons. The molecule has 29 heavy (non-hydrogen) atoms. The van der Waals surface area contributed by atoms with Gasteiger partial charge >= 0.3 is 6.03 Å². The SMILES string of the molecule is O=C(NC12CC3CC(CC(C3)C1)C2)N1C[C@H]2CCN(c3ncccn3)CC[C@H]2C1. The number of aromatic nitrogens is 2. The van der Waals surface area contributed by atoms with Crippen molar-refractivity contribution in [3.8, 4) is 0 Å². The van der Waals surface area contributed by atoms with Crippen molar-refractivity contribution in [3.63, 3.8) is 0 Å². The zero-order valence-electron chi connectivity index (χ0n) is 17.3. The lowest BCUT2D eigenvalue weighted by atomic mass is 9.53. The van der Waals surface area contributed by atoms with Gasteiger partial charge in [-0.25, -0.2) is 14.8 Å². The van der Waals surface area contributed by atoms with E-state index >= 15 is 0 Å². The zero-order valence-corrected chi connectivity index (χ0v) is 17.3. The smallest absolute Gasteiger partial charge is 0.317 e. The Kier molecular flexibility index (Phi) is 4.24. The number of carbonyl (C=O) groups is 1. The summed E-state index contributed by atoms with van der Waals surface area (Å²) in [6, 6.07) is 2.10. The van der Waals surface area contributed by atoms with E-state index in [-0.39, 0.29) is 11.6 Å². The van der Waals surface area contributed by atoms with Gasteiger partial charge in [0.05, 0.1) is 0 Å². The fraction of sp³-hybridized carbons (Fsp3) is 0.783. The van der Waals surface area contributed by atoms with Crippen LogP contribution in [0.4, 0.5) is 10.7 Å². The zero-order chi connectivity index (χ0) is 19.4. The molecule has 1 N–H and O–H groups in total. The van der Waals surface area contributed by atoms with E-state index in [1.807, 2.05) is 18.5 Å². The molecule has 1 aromatic rings. The van der Waals surface area contributed by atoms with Gasteiger partial charge in [-0.3, -0.25) is 0 Å². The summed E-state index contributed by atoms with van der Waals surface area (Å²) in [5.41, 5.74) is 0.123. The number of amides is 2. The monoisotopic (exact) mass is 395 g/mol. The molecule has 4 aliphatic carbocycles. The molecular formula is C23H33N5O. The number of anilines is 1. The van der Waals surface area contributed by atoms with E-state index in [1.54, 1.807) is 0 Å². The molecule has 7 rings (SSSR count). The molecule has 4 saturated carbocycles. The van der Waals surface area contributed by atoms with Crippen molar-refractivity contribution >= 4 is 12.0 Å². The van der Waals surface area contributed by atoms with Crippen LogP contribution >= 0.6 is 0 Å². The highest BCUT2D eigenvalue weighted by atomic mass is 16.2. The maximum atomic E-state index is 13.2. The number of fused-ring (bicyclic) bond motifs is 1. The third-order valence-electron chi connectivity index (χ3n) is 8.65. The number of carbonyl (C=O) groups excluding carboxylic acids is 1. The van der Waals surface area contributed by atoms with E-state index in [4.69, 9.17) is 0 Å². The molecule has 0 aromatic carbocycles. The average molecular weight is 396 g/mol. The van der Waals surface area contributed by atoms with Crippen molar-refractivity contribution in [2.45, 2.75) is 56.9 Å². The number of likely N-dealkylation sites (tertiary alicyclic amines) is 1. The summed E-state index contributed by atoms with van der Waals surface area (Å²) >= 11 is 0. The molecule has 6 aliphatic rings. The molecule has 2 saturated heterocycles. The lowest BCUT2D eigenvalue weighted by molar-refractivity contribution is -0.0154. The molecule has 2 atom stereocenters. The predicted molar refractivity (Wildman–Crippen MR) is 111 cm³/mol. The van der Waals surface area contributed by atoms with Gasteiger partial charge in [0.1, 0.15) is 0 Å². The Labute approximate surface area is 173 Å². The Balaban J connectivity index is 1.08. The summed E-state index contributed by atoms with van der Waals surface area (Å²) in [6.45, 7) is 3.84. The molecule has 6 fully saturated rings. The van der Waals surface area contributed by atoms with Gasteiger partial charge in [-0.15, -0.1) is 0 Å². The molecule has 4 bridgehead atoms. The summed E-state index contributed by atoms with van der Waals surface area (Å²) in [5.74, 6) is 4.70. The Morgan fingerprint density at radius 1 is 0.931 bits per heavy atom. The fourth-order valence-corrected chi connectivity index (χ4v) is 7.74. The lowest BCUT2D eigenvalue weighted by Gasteiger charge is -2.57. The average Bonchev–Trinajstić information content (AvgIpc) is 3.01. The van der Waals surface area contributed by atoms with Gasteiger partial charge in [0.25, 0.3) is 0 Å². The first-order chi connectivity index (χ1) is 14.2. The second kappa shape index (κ2) is 6.85. The molecule has 156 valence electrons. The maximum absolute atomic E-state index is 13.2. The van der Waals surface area contributed by atoms with Crippen LogP contribution in [0.15, 0.2) is 18.5 Å². The van der Waals surface area contributed by atoms with Gasteiger partial charge in [0.2, 0.25) is 5.95 Å². The van der Waals surface area contributed by atoms with E-state index in [0.29, 0.717) is 11.8 Å². The van der Waals surface area contributed by atoms with Gasteiger partial charge in [-0.1, -0.05) is 0 Å². The van der Waals surface area contributed by atoms with Crippen LogP contribution < -0.4 is 10.2 Å². The molecule has 6 nitrogen and oxygen atoms in total. The predicted octanol–water partition coefficient (Wildman–Crippen LogP) is 3.30. The summed E-state index contributed by atoms with van der Waals surface area (Å²) in [5, 5.41) is 3.58. The first-order valence-corrected chi connectivity index (χ1v) is 11.7. The molecule has 2 aliphatic heterocycles. The summed E-state index contributed by atoms with van der Waals surface area (Å²) in [6.07, 6.45) is 13.9. The number of urea groups is 1. The van der Waals surface area contributed by atoms with E-state index in [2.05, 4.69) is 25.1 Å². The molecular weight excluding hydrogens is 362 g/mol. The lowest BCUT2D eigenvalue weighted by Crippen LogP contribution is -2.61. The van der Waals surface area contributed by atoms with Crippen LogP contribution in [0.3, 0.4) is 0 Å². The number of rotatable bonds is 2. The Morgan fingerprint density at radius 2 is 1.48 bits per heavy atom. The van der Waals surface area contributed by atoms with Gasteiger partial charge < -0.3 is 15.1 Å². The fourth-order valence-electron chi connectivity index (χ4n) is 7.74. The standard InChI is InChI=1S/C23H33N5O/c29-22(26-23-11-16-8-17(12-23)10-18(9-16)13-23)28-14-19-2-6-27(7-3-20(19)15-28)21-24-4-1-5-25-21/h1,4-5,16-20H,2-3,6-15H2,(H,26,29)/t16?,17?,18?,19-,20+,23?. The first kappa shape index (κ1) is 18.0. The van der Waals surface area contributed by atoms with E-state index in [9.17, 15) is 4.79 Å². The number of hydrogen-bond donors (Lipinski definition) is 1. The van der Waals surface area contributed by atoms with Gasteiger partial charge in [0, 0.05) is 44.1 Å². The van der Waals surface area contributed by atoms with Crippen LogP contribution in [0.1, 0.15) is 51.4 Å². The normalized spacial score (nSPS) is 40.6. The minimum absolute atomic E-state index is 0.123. The number of nitrogens with one attached hydrogen (secondary N) is 1. The van der Waals surface area contributed by atoms with Gasteiger partial charge in [0.15, 0.2) is 0 Å². The highest BCUT2D eigenvalue weighted by Crippen LogP contribution is 2.55. The topological polar surface area (TPSA) is 61.4 Å². The number of hydrogen-bond acceptors (Lipinski definition) is 4. The van der Waals surface area contributed by atoms with Gasteiger partial charge in [-0.2, -0.15) is 0 Å². The van der Waals surface area contributed by atoms with Crippen molar-refractivity contribution in [2.75, 3.05) is 31.1 Å². The Morgan fingerprint density at radius 3 is 2.03 bits per heavy atom. The van der Waals surface area contributed by atoms with Crippen LogP contribution in [0.5, 0.6) is 0 Å². The second-order valence-corrected chi connectivity index (χ2v) is 10.7. The van der Waals surface area contributed by atoms with Crippen molar-refractivity contribution < 1.29 is 4.79 Å². The van der Waals surface area contributed by atoms with Crippen molar-refractivity contribution in [2.24, 2.45) is 29.6 Å². The second-order valence-electron chi connectivity index (χ2n) is 10.7. The summed E-state index contributed by atoms with van der Waals surface area (Å²) in [7, 11) is 0. The number of nitrogens with zero attached hydrogens (tertiary/aromatic N) is 4. The highest BCUT2D eigenvalue weighted by Gasteiger charge is 2.52. The molecule has 0 spiro atoms. The largest absolute Gasteiger partial charge is 0.341 e. The van der Waals surface area contributed by atoms with Crippen molar-refractivity contribution in [1.29, 1.82) is 0 Å². The van der Waals surface area contributed by atoms with Crippen LogP contribution in [-0.2, 0) is 0 Å². The van der Waals surface area contributed by atoms with Crippen molar-refractivity contribution in [1.82, 2.24) is 20.2 Å². The summed E-state index contributed by atoms with van der Waals surface area (Å²) < 4.78 is 0. The van der Waals surface area contributed by atoms with E-state index in [1.165, 1.54) is 38.5 Å². The molecule has 1 aromatic heterocycles. The van der Waals surface area contributed by atoms with E-state index in [0.717, 1.165) is 62.7 Å². The van der Waals surface area contributed by atoms with Crippen molar-refractivity contribution in [3.05, 3.63) is 18.5 Å². The molecule has 0 unspecified atom stereocenters. The minimum Gasteiger partial charge on any atom is -0.341 e. The first-order valence-electron chi connectivity index (χ1n) is 11.7. The highest BCUT2D eigenvalue weighted by molar-refractivity contribution is 5.75. The minimum atomic E-state index is 0.123. The quantitative estimate of drug-likeness (QED) is 0.835. The molecule has 2 amide bonds. The molecule has 3 heterocycles. The summed E-state index contributed by atoms with van der Waals surface area (Å²) in [4.78, 5) is 26.5. The van der Waals surface area contributed by atoms with Crippen LogP contribution in [-0.4, -0.2) is 52.6 Å². The Bertz CT molecular complexity index is 717. The molecule has 6 heteroatoms. The van der Waals surface area contributed by atoms with Crippen LogP contribution in [0, 0.1) is 29.6 Å². The maximum Gasteiger partial charge on any atom is 0.317 e. The third kappa shape index (κ3) is 3.28. The van der Waals surface area contributed by atoms with Crippen LogP contribution in [0.25, 0.3) is 0 Å². The van der Waals surface area contributed by atoms with Gasteiger partial charge in [-0.05, 0) is 87.0 Å². The van der Waals surface area contributed by atoms with Crippen LogP contribution in [0.2, 0.25) is 0 Å².